The molecule has 1 fully saturated rings. The van der Waals surface area contributed by atoms with Gasteiger partial charge in [0.25, 0.3) is 5.91 Å². The summed E-state index contributed by atoms with van der Waals surface area (Å²) in [5.74, 6) is 1.19. The molecule has 1 amide bonds. The van der Waals surface area contributed by atoms with Gasteiger partial charge in [-0.3, -0.25) is 4.79 Å². The molecule has 0 aromatic heterocycles. The van der Waals surface area contributed by atoms with E-state index in [2.05, 4.69) is 17.6 Å². The zero-order chi connectivity index (χ0) is 14.5. The topological polar surface area (TPSA) is 50.4 Å². The molecule has 0 saturated carbocycles. The normalized spacial score (nSPS) is 22.6. The van der Waals surface area contributed by atoms with Gasteiger partial charge in [-0.15, -0.1) is 0 Å². The Hall–Kier alpha value is -1.55. The second-order valence-corrected chi connectivity index (χ2v) is 5.74. The molecule has 1 aromatic rings. The van der Waals surface area contributed by atoms with Crippen molar-refractivity contribution in [2.45, 2.75) is 39.3 Å². The number of carbonyl (C=O) groups is 1. The van der Waals surface area contributed by atoms with Crippen LogP contribution in [-0.2, 0) is 0 Å². The molecule has 1 saturated heterocycles. The fourth-order valence-electron chi connectivity index (χ4n) is 2.46. The van der Waals surface area contributed by atoms with Crippen molar-refractivity contribution in [1.82, 2.24) is 10.6 Å². The lowest BCUT2D eigenvalue weighted by Gasteiger charge is -2.30. The Morgan fingerprint density at radius 3 is 2.95 bits per heavy atom. The molecule has 1 aliphatic rings. The summed E-state index contributed by atoms with van der Waals surface area (Å²) in [5, 5.41) is 6.47. The fourth-order valence-corrected chi connectivity index (χ4v) is 2.46. The number of piperidine rings is 1. The first-order valence-corrected chi connectivity index (χ1v) is 7.34. The van der Waals surface area contributed by atoms with E-state index in [9.17, 15) is 4.79 Å². The Morgan fingerprint density at radius 2 is 2.25 bits per heavy atom. The van der Waals surface area contributed by atoms with Crippen molar-refractivity contribution in [3.05, 3.63) is 29.8 Å². The molecular weight excluding hydrogens is 252 g/mol. The van der Waals surface area contributed by atoms with Crippen LogP contribution in [0.15, 0.2) is 24.3 Å². The summed E-state index contributed by atoms with van der Waals surface area (Å²) in [7, 11) is 0. The molecular formula is C16H24N2O2. The Kier molecular flexibility index (Phi) is 5.01. The van der Waals surface area contributed by atoms with Gasteiger partial charge in [0.2, 0.25) is 0 Å². The van der Waals surface area contributed by atoms with Gasteiger partial charge >= 0.3 is 0 Å². The third-order valence-corrected chi connectivity index (χ3v) is 3.57. The SMILES string of the molecule is CC(C)Oc1cccc(C(=O)NC2CCNCC2C)c1. The lowest BCUT2D eigenvalue weighted by molar-refractivity contribution is 0.0913. The maximum Gasteiger partial charge on any atom is 0.251 e. The number of ether oxygens (including phenoxy) is 1. The smallest absolute Gasteiger partial charge is 0.251 e. The van der Waals surface area contributed by atoms with Crippen LogP contribution in [0, 0.1) is 5.92 Å². The monoisotopic (exact) mass is 276 g/mol. The molecule has 0 bridgehead atoms. The molecule has 2 atom stereocenters. The van der Waals surface area contributed by atoms with Crippen molar-refractivity contribution >= 4 is 5.91 Å². The lowest BCUT2D eigenvalue weighted by Crippen LogP contribution is -2.48. The summed E-state index contributed by atoms with van der Waals surface area (Å²) in [4.78, 5) is 12.3. The summed E-state index contributed by atoms with van der Waals surface area (Å²) in [6.45, 7) is 8.04. The van der Waals surface area contributed by atoms with E-state index in [0.717, 1.165) is 25.3 Å². The van der Waals surface area contributed by atoms with Gasteiger partial charge in [0, 0.05) is 11.6 Å². The van der Waals surface area contributed by atoms with E-state index in [-0.39, 0.29) is 18.1 Å². The van der Waals surface area contributed by atoms with E-state index in [1.54, 1.807) is 6.07 Å². The van der Waals surface area contributed by atoms with Crippen LogP contribution in [0.25, 0.3) is 0 Å². The molecule has 1 aromatic carbocycles. The Labute approximate surface area is 120 Å². The van der Waals surface area contributed by atoms with Crippen molar-refractivity contribution in [2.75, 3.05) is 13.1 Å². The second kappa shape index (κ2) is 6.75. The molecule has 2 N–H and O–H groups in total. The average molecular weight is 276 g/mol. The molecule has 4 nitrogen and oxygen atoms in total. The molecule has 2 rings (SSSR count). The first kappa shape index (κ1) is 14.9. The van der Waals surface area contributed by atoms with E-state index in [0.29, 0.717) is 11.5 Å². The molecule has 1 aliphatic heterocycles. The zero-order valence-corrected chi connectivity index (χ0v) is 12.5. The summed E-state index contributed by atoms with van der Waals surface area (Å²) in [6.07, 6.45) is 1.09. The largest absolute Gasteiger partial charge is 0.491 e. The minimum atomic E-state index is -0.0158. The van der Waals surface area contributed by atoms with Gasteiger partial charge in [0.15, 0.2) is 0 Å². The predicted molar refractivity (Wildman–Crippen MR) is 80.1 cm³/mol. The van der Waals surface area contributed by atoms with Crippen LogP contribution in [0.1, 0.15) is 37.6 Å². The van der Waals surface area contributed by atoms with E-state index >= 15 is 0 Å². The predicted octanol–water partition coefficient (Wildman–Crippen LogP) is 2.20. The highest BCUT2D eigenvalue weighted by atomic mass is 16.5. The third-order valence-electron chi connectivity index (χ3n) is 3.57. The summed E-state index contributed by atoms with van der Waals surface area (Å²) in [5.41, 5.74) is 0.661. The maximum atomic E-state index is 12.3. The summed E-state index contributed by atoms with van der Waals surface area (Å²) >= 11 is 0. The van der Waals surface area contributed by atoms with Crippen molar-refractivity contribution < 1.29 is 9.53 Å². The van der Waals surface area contributed by atoms with Gasteiger partial charge in [-0.25, -0.2) is 0 Å². The van der Waals surface area contributed by atoms with Gasteiger partial charge in [-0.2, -0.15) is 0 Å². The molecule has 1 heterocycles. The van der Waals surface area contributed by atoms with Crippen LogP contribution in [0.2, 0.25) is 0 Å². The number of hydrogen-bond acceptors (Lipinski definition) is 3. The van der Waals surface area contributed by atoms with Crippen LogP contribution < -0.4 is 15.4 Å². The van der Waals surface area contributed by atoms with Crippen molar-refractivity contribution in [3.63, 3.8) is 0 Å². The minimum Gasteiger partial charge on any atom is -0.491 e. The molecule has 4 heteroatoms. The summed E-state index contributed by atoms with van der Waals surface area (Å²) < 4.78 is 5.63. The number of nitrogens with one attached hydrogen (secondary N) is 2. The first-order chi connectivity index (χ1) is 9.56. The fraction of sp³-hybridized carbons (Fsp3) is 0.562. The highest BCUT2D eigenvalue weighted by molar-refractivity contribution is 5.94. The Morgan fingerprint density at radius 1 is 1.45 bits per heavy atom. The molecule has 0 spiro atoms. The lowest BCUT2D eigenvalue weighted by atomic mass is 9.95. The van der Waals surface area contributed by atoms with Crippen molar-refractivity contribution in [1.29, 1.82) is 0 Å². The Balaban J connectivity index is 2.01. The van der Waals surface area contributed by atoms with Gasteiger partial charge in [-0.05, 0) is 57.5 Å². The zero-order valence-electron chi connectivity index (χ0n) is 12.5. The van der Waals surface area contributed by atoms with E-state index in [1.807, 2.05) is 32.0 Å². The highest BCUT2D eigenvalue weighted by Crippen LogP contribution is 2.16. The van der Waals surface area contributed by atoms with E-state index in [1.165, 1.54) is 0 Å². The van der Waals surface area contributed by atoms with Crippen LogP contribution in [0.4, 0.5) is 0 Å². The van der Waals surface area contributed by atoms with Crippen LogP contribution in [0.5, 0.6) is 5.75 Å². The average Bonchev–Trinajstić information content (AvgIpc) is 2.41. The first-order valence-electron chi connectivity index (χ1n) is 7.34. The standard InChI is InChI=1S/C16H24N2O2/c1-11(2)20-14-6-4-5-13(9-14)16(19)18-15-7-8-17-10-12(15)3/h4-6,9,11-12,15,17H,7-8,10H2,1-3H3,(H,18,19). The number of amides is 1. The number of benzene rings is 1. The number of carbonyl (C=O) groups excluding carboxylic acids is 1. The minimum absolute atomic E-state index is 0.0158. The second-order valence-electron chi connectivity index (χ2n) is 5.74. The number of hydrogen-bond donors (Lipinski definition) is 2. The van der Waals surface area contributed by atoms with E-state index < -0.39 is 0 Å². The van der Waals surface area contributed by atoms with Gasteiger partial charge in [-0.1, -0.05) is 13.0 Å². The van der Waals surface area contributed by atoms with Crippen LogP contribution in [0.3, 0.4) is 0 Å². The maximum absolute atomic E-state index is 12.3. The molecule has 0 aliphatic carbocycles. The van der Waals surface area contributed by atoms with Gasteiger partial charge in [0.1, 0.15) is 5.75 Å². The third kappa shape index (κ3) is 3.97. The molecule has 0 radical (unpaired) electrons. The molecule has 110 valence electrons. The van der Waals surface area contributed by atoms with Crippen LogP contribution in [-0.4, -0.2) is 31.1 Å². The highest BCUT2D eigenvalue weighted by Gasteiger charge is 2.23. The van der Waals surface area contributed by atoms with Gasteiger partial charge < -0.3 is 15.4 Å². The molecule has 20 heavy (non-hydrogen) atoms. The van der Waals surface area contributed by atoms with Crippen LogP contribution >= 0.6 is 0 Å². The Bertz CT molecular complexity index is 460. The van der Waals surface area contributed by atoms with E-state index in [4.69, 9.17) is 4.74 Å². The quantitative estimate of drug-likeness (QED) is 0.886. The van der Waals surface area contributed by atoms with Gasteiger partial charge in [0.05, 0.1) is 6.10 Å². The summed E-state index contributed by atoms with van der Waals surface area (Å²) in [6, 6.07) is 7.62. The van der Waals surface area contributed by atoms with Crippen molar-refractivity contribution in [3.8, 4) is 5.75 Å². The number of rotatable bonds is 4. The van der Waals surface area contributed by atoms with Crippen molar-refractivity contribution in [2.24, 2.45) is 5.92 Å². The molecule has 2 unspecified atom stereocenters.